The van der Waals surface area contributed by atoms with Gasteiger partial charge in [0.1, 0.15) is 0 Å². The van der Waals surface area contributed by atoms with Crippen molar-refractivity contribution in [3.05, 3.63) is 29.8 Å². The largest absolute Gasteiger partial charge is 0.455 e. The lowest BCUT2D eigenvalue weighted by molar-refractivity contribution is -0.152. The number of hydrogen-bond donors (Lipinski definition) is 1. The minimum atomic E-state index is -0.433. The van der Waals surface area contributed by atoms with E-state index in [4.69, 9.17) is 10.5 Å². The molecule has 5 nitrogen and oxygen atoms in total. The zero-order chi connectivity index (χ0) is 14.7. The van der Waals surface area contributed by atoms with Crippen molar-refractivity contribution in [2.45, 2.75) is 31.7 Å². The summed E-state index contributed by atoms with van der Waals surface area (Å²) < 4.78 is 5.09. The molecule has 0 aromatic heterocycles. The van der Waals surface area contributed by atoms with E-state index in [1.807, 2.05) is 6.07 Å². The zero-order valence-electron chi connectivity index (χ0n) is 11.8. The van der Waals surface area contributed by atoms with Crippen LogP contribution in [0.15, 0.2) is 24.3 Å². The highest BCUT2D eigenvalue weighted by Gasteiger charge is 2.30. The summed E-state index contributed by atoms with van der Waals surface area (Å²) in [5, 5.41) is 0. The van der Waals surface area contributed by atoms with Crippen LogP contribution in [0.4, 0.5) is 5.69 Å². The number of anilines is 1. The monoisotopic (exact) mass is 276 g/mol. The van der Waals surface area contributed by atoms with E-state index in [1.54, 1.807) is 37.1 Å². The number of ether oxygens (including phenoxy) is 1. The minimum absolute atomic E-state index is 0.152. The maximum Gasteiger partial charge on any atom is 0.313 e. The van der Waals surface area contributed by atoms with Gasteiger partial charge in [-0.25, -0.2) is 0 Å². The van der Waals surface area contributed by atoms with E-state index < -0.39 is 11.9 Å². The summed E-state index contributed by atoms with van der Waals surface area (Å²) >= 11 is 0. The summed E-state index contributed by atoms with van der Waals surface area (Å²) in [5.74, 6) is -0.994. The Kier molecular flexibility index (Phi) is 4.27. The number of nitrogens with zero attached hydrogens (tertiary/aromatic N) is 1. The van der Waals surface area contributed by atoms with Gasteiger partial charge in [0.2, 0.25) is 0 Å². The SMILES string of the molecule is CC(C(=O)OCC(=O)N(C)C1CC1)c1cccc(N)c1. The van der Waals surface area contributed by atoms with Gasteiger partial charge in [0, 0.05) is 18.8 Å². The average molecular weight is 276 g/mol. The summed E-state index contributed by atoms with van der Waals surface area (Å²) in [4.78, 5) is 25.4. The van der Waals surface area contributed by atoms with Crippen molar-refractivity contribution in [1.82, 2.24) is 4.90 Å². The second-order valence-electron chi connectivity index (χ2n) is 5.24. The fourth-order valence-electron chi connectivity index (χ4n) is 1.99. The van der Waals surface area contributed by atoms with Crippen molar-refractivity contribution >= 4 is 17.6 Å². The molecule has 2 rings (SSSR count). The number of benzene rings is 1. The topological polar surface area (TPSA) is 72.6 Å². The molecule has 2 N–H and O–H groups in total. The van der Waals surface area contributed by atoms with E-state index >= 15 is 0 Å². The van der Waals surface area contributed by atoms with Crippen LogP contribution in [0.25, 0.3) is 0 Å². The van der Waals surface area contributed by atoms with Crippen molar-refractivity contribution in [3.63, 3.8) is 0 Å². The van der Waals surface area contributed by atoms with Gasteiger partial charge >= 0.3 is 5.97 Å². The van der Waals surface area contributed by atoms with E-state index in [0.29, 0.717) is 11.7 Å². The summed E-state index contributed by atoms with van der Waals surface area (Å²) in [7, 11) is 1.75. The molecule has 20 heavy (non-hydrogen) atoms. The quantitative estimate of drug-likeness (QED) is 0.654. The van der Waals surface area contributed by atoms with Crippen LogP contribution in [-0.4, -0.2) is 36.5 Å². The molecule has 1 unspecified atom stereocenters. The first-order valence-corrected chi connectivity index (χ1v) is 6.76. The molecule has 0 aliphatic heterocycles. The van der Waals surface area contributed by atoms with E-state index in [0.717, 1.165) is 18.4 Å². The van der Waals surface area contributed by atoms with Gasteiger partial charge in [-0.15, -0.1) is 0 Å². The maximum atomic E-state index is 11.9. The predicted octanol–water partition coefficient (Wildman–Crippen LogP) is 1.54. The van der Waals surface area contributed by atoms with Crippen molar-refractivity contribution < 1.29 is 14.3 Å². The highest BCUT2D eigenvalue weighted by atomic mass is 16.5. The predicted molar refractivity (Wildman–Crippen MR) is 76.0 cm³/mol. The molecule has 5 heteroatoms. The standard InChI is InChI=1S/C15H20N2O3/c1-10(11-4-3-5-12(16)8-11)15(19)20-9-14(18)17(2)13-6-7-13/h3-5,8,10,13H,6-7,9,16H2,1-2H3. The number of rotatable bonds is 5. The van der Waals surface area contributed by atoms with Crippen molar-refractivity contribution in [1.29, 1.82) is 0 Å². The molecule has 0 saturated heterocycles. The van der Waals surface area contributed by atoms with Crippen molar-refractivity contribution in [2.75, 3.05) is 19.4 Å². The van der Waals surface area contributed by atoms with Crippen LogP contribution < -0.4 is 5.73 Å². The molecular weight excluding hydrogens is 256 g/mol. The summed E-state index contributed by atoms with van der Waals surface area (Å²) in [6, 6.07) is 7.44. The Bertz CT molecular complexity index is 512. The van der Waals surface area contributed by atoms with Crippen LogP contribution in [0.1, 0.15) is 31.2 Å². The highest BCUT2D eigenvalue weighted by molar-refractivity contribution is 5.83. The van der Waals surface area contributed by atoms with Crippen LogP contribution in [0.2, 0.25) is 0 Å². The number of carbonyl (C=O) groups is 2. The van der Waals surface area contributed by atoms with Gasteiger partial charge in [0.15, 0.2) is 6.61 Å². The summed E-state index contributed by atoms with van der Waals surface area (Å²) in [6.45, 7) is 1.55. The van der Waals surface area contributed by atoms with Gasteiger partial charge in [-0.05, 0) is 37.5 Å². The molecule has 0 radical (unpaired) electrons. The molecule has 1 aromatic carbocycles. The third-order valence-electron chi connectivity index (χ3n) is 3.59. The normalized spacial score (nSPS) is 15.5. The molecule has 1 aromatic rings. The Balaban J connectivity index is 1.86. The number of esters is 1. The smallest absolute Gasteiger partial charge is 0.313 e. The molecular formula is C15H20N2O3. The van der Waals surface area contributed by atoms with Crippen molar-refractivity contribution in [2.24, 2.45) is 0 Å². The fourth-order valence-corrected chi connectivity index (χ4v) is 1.99. The van der Waals surface area contributed by atoms with Crippen LogP contribution in [0.3, 0.4) is 0 Å². The molecule has 1 fully saturated rings. The maximum absolute atomic E-state index is 11.9. The number of hydrogen-bond acceptors (Lipinski definition) is 4. The van der Waals surface area contributed by atoms with Gasteiger partial charge in [0.25, 0.3) is 5.91 Å². The first-order chi connectivity index (χ1) is 9.49. The molecule has 0 spiro atoms. The lowest BCUT2D eigenvalue weighted by Crippen LogP contribution is -2.33. The van der Waals surface area contributed by atoms with E-state index in [2.05, 4.69) is 0 Å². The Morgan fingerprint density at radius 2 is 2.15 bits per heavy atom. The summed E-state index contributed by atoms with van der Waals surface area (Å²) in [6.07, 6.45) is 2.08. The number of nitrogen functional groups attached to an aromatic ring is 1. The fraction of sp³-hybridized carbons (Fsp3) is 0.467. The third kappa shape index (κ3) is 3.50. The van der Waals surface area contributed by atoms with Crippen LogP contribution in [0, 0.1) is 0 Å². The van der Waals surface area contributed by atoms with Crippen molar-refractivity contribution in [3.8, 4) is 0 Å². The van der Waals surface area contributed by atoms with Gasteiger partial charge in [0.05, 0.1) is 5.92 Å². The third-order valence-corrected chi connectivity index (χ3v) is 3.59. The van der Waals surface area contributed by atoms with E-state index in [9.17, 15) is 9.59 Å². The van der Waals surface area contributed by atoms with Gasteiger partial charge in [-0.1, -0.05) is 12.1 Å². The lowest BCUT2D eigenvalue weighted by atomic mass is 10.0. The number of likely N-dealkylation sites (N-methyl/N-ethyl adjacent to an activating group) is 1. The first kappa shape index (κ1) is 14.4. The van der Waals surface area contributed by atoms with E-state index in [1.165, 1.54) is 0 Å². The molecule has 1 aliphatic carbocycles. The first-order valence-electron chi connectivity index (χ1n) is 6.76. The molecule has 1 aliphatic rings. The molecule has 1 amide bonds. The van der Waals surface area contributed by atoms with Crippen LogP contribution >= 0.6 is 0 Å². The minimum Gasteiger partial charge on any atom is -0.455 e. The van der Waals surface area contributed by atoms with Gasteiger partial charge < -0.3 is 15.4 Å². The van der Waals surface area contributed by atoms with Gasteiger partial charge in [-0.3, -0.25) is 9.59 Å². The Labute approximate surface area is 118 Å². The second-order valence-corrected chi connectivity index (χ2v) is 5.24. The summed E-state index contributed by atoms with van der Waals surface area (Å²) in [5.41, 5.74) is 7.08. The number of carbonyl (C=O) groups excluding carboxylic acids is 2. The molecule has 0 heterocycles. The second kappa shape index (κ2) is 5.94. The van der Waals surface area contributed by atoms with Crippen LogP contribution in [-0.2, 0) is 14.3 Å². The molecule has 108 valence electrons. The Morgan fingerprint density at radius 1 is 1.45 bits per heavy atom. The number of nitrogens with two attached hydrogens (primary N) is 1. The van der Waals surface area contributed by atoms with E-state index in [-0.39, 0.29) is 12.5 Å². The average Bonchev–Trinajstić information content (AvgIpc) is 3.27. The Hall–Kier alpha value is -2.04. The number of amides is 1. The lowest BCUT2D eigenvalue weighted by Gasteiger charge is -2.17. The van der Waals surface area contributed by atoms with Crippen LogP contribution in [0.5, 0.6) is 0 Å². The molecule has 1 saturated carbocycles. The highest BCUT2D eigenvalue weighted by Crippen LogP contribution is 2.25. The molecule has 0 bridgehead atoms. The Morgan fingerprint density at radius 3 is 2.75 bits per heavy atom. The zero-order valence-corrected chi connectivity index (χ0v) is 11.8. The van der Waals surface area contributed by atoms with Gasteiger partial charge in [-0.2, -0.15) is 0 Å². The molecule has 1 atom stereocenters.